The molecule has 20 heavy (non-hydrogen) atoms. The zero-order chi connectivity index (χ0) is 15.3. The smallest absolute Gasteiger partial charge is 0.234 e. The van der Waals surface area contributed by atoms with Crippen LogP contribution in [0.1, 0.15) is 13.8 Å². The third kappa shape index (κ3) is 3.84. The second-order valence-corrected chi connectivity index (χ2v) is 5.15. The van der Waals surface area contributed by atoms with Crippen LogP contribution in [0.2, 0.25) is 0 Å². The van der Waals surface area contributed by atoms with Crippen LogP contribution in [0.25, 0.3) is 0 Å². The average Bonchev–Trinajstić information content (AvgIpc) is 2.37. The number of ether oxygens (including phenoxy) is 2. The van der Waals surface area contributed by atoms with E-state index < -0.39 is 5.92 Å². The Balaban J connectivity index is 2.92. The number of benzene rings is 1. The van der Waals surface area contributed by atoms with Crippen LogP contribution in [0, 0.1) is 11.8 Å². The number of anilines is 1. The summed E-state index contributed by atoms with van der Waals surface area (Å²) in [5.74, 6) is 0.451. The molecule has 1 aromatic rings. The van der Waals surface area contributed by atoms with Crippen molar-refractivity contribution in [3.8, 4) is 11.5 Å². The molecule has 0 bridgehead atoms. The minimum absolute atomic E-state index is 0.0349. The molecular weight excluding hydrogens is 276 g/mol. The quantitative estimate of drug-likeness (QED) is 0.787. The number of nitrogens with two attached hydrogens (primary N) is 1. The van der Waals surface area contributed by atoms with Crippen molar-refractivity contribution in [2.75, 3.05) is 19.5 Å². The van der Waals surface area contributed by atoms with Crippen molar-refractivity contribution in [1.29, 1.82) is 0 Å². The lowest BCUT2D eigenvalue weighted by Gasteiger charge is -2.19. The van der Waals surface area contributed by atoms with Crippen LogP contribution < -0.4 is 20.5 Å². The molecule has 3 N–H and O–H groups in total. The highest BCUT2D eigenvalue weighted by atomic mass is 32.1. The lowest BCUT2D eigenvalue weighted by molar-refractivity contribution is -0.118. The molecule has 5 nitrogen and oxygen atoms in total. The SMILES string of the molecule is COc1ccc(NC(=O)C(C(N)=S)C(C)C)cc1OC. The van der Waals surface area contributed by atoms with Gasteiger partial charge in [-0.3, -0.25) is 4.79 Å². The summed E-state index contributed by atoms with van der Waals surface area (Å²) in [7, 11) is 3.09. The third-order valence-electron chi connectivity index (χ3n) is 2.91. The van der Waals surface area contributed by atoms with E-state index >= 15 is 0 Å². The fourth-order valence-corrected chi connectivity index (χ4v) is 2.27. The summed E-state index contributed by atoms with van der Waals surface area (Å²) in [5, 5.41) is 2.79. The van der Waals surface area contributed by atoms with Gasteiger partial charge < -0.3 is 20.5 Å². The molecule has 0 spiro atoms. The Bertz CT molecular complexity index is 503. The number of thiocarbonyl (C=S) groups is 1. The summed E-state index contributed by atoms with van der Waals surface area (Å²) in [6.45, 7) is 3.80. The van der Waals surface area contributed by atoms with E-state index in [0.29, 0.717) is 17.2 Å². The highest BCUT2D eigenvalue weighted by molar-refractivity contribution is 7.80. The molecule has 0 radical (unpaired) electrons. The van der Waals surface area contributed by atoms with Crippen LogP contribution in [0.15, 0.2) is 18.2 Å². The van der Waals surface area contributed by atoms with Crippen molar-refractivity contribution in [2.45, 2.75) is 13.8 Å². The van der Waals surface area contributed by atoms with Gasteiger partial charge in [0.05, 0.1) is 25.1 Å². The Morgan fingerprint density at radius 1 is 1.25 bits per heavy atom. The highest BCUT2D eigenvalue weighted by Gasteiger charge is 2.25. The molecule has 0 aliphatic carbocycles. The second kappa shape index (κ2) is 7.09. The first-order valence-electron chi connectivity index (χ1n) is 6.23. The highest BCUT2D eigenvalue weighted by Crippen LogP contribution is 2.30. The maximum atomic E-state index is 12.2. The van der Waals surface area contributed by atoms with E-state index in [1.165, 1.54) is 7.11 Å². The number of hydrogen-bond acceptors (Lipinski definition) is 4. The number of nitrogens with one attached hydrogen (secondary N) is 1. The monoisotopic (exact) mass is 296 g/mol. The molecule has 1 rings (SSSR count). The molecule has 0 aromatic heterocycles. The van der Waals surface area contributed by atoms with E-state index in [1.54, 1.807) is 25.3 Å². The largest absolute Gasteiger partial charge is 0.493 e. The van der Waals surface area contributed by atoms with Crippen molar-refractivity contribution in [3.05, 3.63) is 18.2 Å². The number of methoxy groups -OCH3 is 2. The van der Waals surface area contributed by atoms with Gasteiger partial charge in [-0.1, -0.05) is 26.1 Å². The topological polar surface area (TPSA) is 73.6 Å². The Morgan fingerprint density at radius 3 is 2.30 bits per heavy atom. The molecule has 0 aliphatic heterocycles. The standard InChI is InChI=1S/C14H20N2O3S/c1-8(2)12(13(15)20)14(17)16-9-5-6-10(18-3)11(7-9)19-4/h5-8,12H,1-4H3,(H2,15,20)(H,16,17). The van der Waals surface area contributed by atoms with Crippen LogP contribution in [0.4, 0.5) is 5.69 Å². The molecule has 110 valence electrons. The Morgan fingerprint density at radius 2 is 1.85 bits per heavy atom. The van der Waals surface area contributed by atoms with Crippen LogP contribution in [-0.2, 0) is 4.79 Å². The summed E-state index contributed by atoms with van der Waals surface area (Å²) in [5.41, 5.74) is 6.23. The van der Waals surface area contributed by atoms with Gasteiger partial charge in [-0.25, -0.2) is 0 Å². The number of carbonyl (C=O) groups excluding carboxylic acids is 1. The first-order valence-corrected chi connectivity index (χ1v) is 6.63. The minimum atomic E-state index is -0.502. The summed E-state index contributed by atoms with van der Waals surface area (Å²) < 4.78 is 10.3. The lowest BCUT2D eigenvalue weighted by atomic mass is 9.95. The van der Waals surface area contributed by atoms with E-state index in [0.717, 1.165) is 0 Å². The molecule has 1 aromatic carbocycles. The summed E-state index contributed by atoms with van der Waals surface area (Å²) >= 11 is 4.95. The van der Waals surface area contributed by atoms with Crippen molar-refractivity contribution in [1.82, 2.24) is 0 Å². The summed E-state index contributed by atoms with van der Waals surface area (Å²) in [6, 6.07) is 5.14. The van der Waals surface area contributed by atoms with Gasteiger partial charge in [-0.15, -0.1) is 0 Å². The van der Waals surface area contributed by atoms with Gasteiger partial charge >= 0.3 is 0 Å². The molecule has 1 atom stereocenters. The van der Waals surface area contributed by atoms with Crippen LogP contribution in [0.5, 0.6) is 11.5 Å². The number of carbonyl (C=O) groups is 1. The van der Waals surface area contributed by atoms with Gasteiger partial charge in [-0.2, -0.15) is 0 Å². The Hall–Kier alpha value is -1.82. The molecule has 1 unspecified atom stereocenters. The molecule has 0 fully saturated rings. The van der Waals surface area contributed by atoms with Gasteiger partial charge in [0.25, 0.3) is 0 Å². The minimum Gasteiger partial charge on any atom is -0.493 e. The van der Waals surface area contributed by atoms with Gasteiger partial charge in [0.1, 0.15) is 0 Å². The third-order valence-corrected chi connectivity index (χ3v) is 3.16. The fraction of sp³-hybridized carbons (Fsp3) is 0.429. The summed E-state index contributed by atoms with van der Waals surface area (Å²) in [6.07, 6.45) is 0. The average molecular weight is 296 g/mol. The second-order valence-electron chi connectivity index (χ2n) is 4.68. The molecular formula is C14H20N2O3S. The first kappa shape index (κ1) is 16.2. The molecule has 0 aliphatic rings. The van der Waals surface area contributed by atoms with Crippen LogP contribution in [0.3, 0.4) is 0 Å². The lowest BCUT2D eigenvalue weighted by Crippen LogP contribution is -2.36. The van der Waals surface area contributed by atoms with Gasteiger partial charge in [0.2, 0.25) is 5.91 Å². The molecule has 0 saturated carbocycles. The van der Waals surface area contributed by atoms with Crippen LogP contribution in [-0.4, -0.2) is 25.1 Å². The molecule has 0 saturated heterocycles. The zero-order valence-electron chi connectivity index (χ0n) is 12.1. The predicted molar refractivity (Wildman–Crippen MR) is 83.3 cm³/mol. The first-order chi connectivity index (χ1) is 9.40. The van der Waals surface area contributed by atoms with E-state index in [9.17, 15) is 4.79 Å². The van der Waals surface area contributed by atoms with E-state index in [1.807, 2.05) is 13.8 Å². The van der Waals surface area contributed by atoms with Crippen molar-refractivity contribution >= 4 is 28.8 Å². The van der Waals surface area contributed by atoms with Gasteiger partial charge in [0.15, 0.2) is 11.5 Å². The van der Waals surface area contributed by atoms with Crippen molar-refractivity contribution < 1.29 is 14.3 Å². The maximum absolute atomic E-state index is 12.2. The van der Waals surface area contributed by atoms with Gasteiger partial charge in [0, 0.05) is 11.8 Å². The Kier molecular flexibility index (Phi) is 5.76. The molecule has 6 heteroatoms. The fourth-order valence-electron chi connectivity index (χ4n) is 1.89. The van der Waals surface area contributed by atoms with Gasteiger partial charge in [-0.05, 0) is 18.1 Å². The zero-order valence-corrected chi connectivity index (χ0v) is 12.9. The number of amides is 1. The van der Waals surface area contributed by atoms with Crippen molar-refractivity contribution in [3.63, 3.8) is 0 Å². The van der Waals surface area contributed by atoms with E-state index in [4.69, 9.17) is 27.4 Å². The predicted octanol–water partition coefficient (Wildman–Crippen LogP) is 2.20. The van der Waals surface area contributed by atoms with Crippen LogP contribution >= 0.6 is 12.2 Å². The normalized spacial score (nSPS) is 11.8. The maximum Gasteiger partial charge on any atom is 0.234 e. The molecule has 1 amide bonds. The van der Waals surface area contributed by atoms with Crippen molar-refractivity contribution in [2.24, 2.45) is 17.6 Å². The Labute approximate surface area is 124 Å². The van der Waals surface area contributed by atoms with E-state index in [2.05, 4.69) is 5.32 Å². The number of hydrogen-bond donors (Lipinski definition) is 2. The number of rotatable bonds is 6. The molecule has 0 heterocycles. The summed E-state index contributed by atoms with van der Waals surface area (Å²) in [4.78, 5) is 12.4. The van der Waals surface area contributed by atoms with E-state index in [-0.39, 0.29) is 16.8 Å².